The van der Waals surface area contributed by atoms with Gasteiger partial charge in [0.25, 0.3) is 5.91 Å². The molecule has 0 spiro atoms. The molecule has 0 aliphatic carbocycles. The molecule has 0 atom stereocenters. The molecule has 4 rings (SSSR count). The van der Waals surface area contributed by atoms with Crippen molar-refractivity contribution in [3.05, 3.63) is 85.8 Å². The third-order valence-corrected chi connectivity index (χ3v) is 7.44. The summed E-state index contributed by atoms with van der Waals surface area (Å²) in [5, 5.41) is 9.69. The van der Waals surface area contributed by atoms with Gasteiger partial charge >= 0.3 is 5.97 Å². The number of thioether (sulfide) groups is 1. The number of carbonyl (C=O) groups excluding carboxylic acids is 1. The van der Waals surface area contributed by atoms with Gasteiger partial charge in [0.1, 0.15) is 12.4 Å². The fourth-order valence-corrected chi connectivity index (χ4v) is 5.49. The molecule has 38 heavy (non-hydrogen) atoms. The normalized spacial score (nSPS) is 15.3. The minimum absolute atomic E-state index is 0.108. The van der Waals surface area contributed by atoms with Crippen LogP contribution in [0.2, 0.25) is 0 Å². The first-order valence-electron chi connectivity index (χ1n) is 11.6. The summed E-state index contributed by atoms with van der Waals surface area (Å²) in [4.78, 5) is 31.1. The summed E-state index contributed by atoms with van der Waals surface area (Å²) in [6.07, 6.45) is 1.82. The van der Waals surface area contributed by atoms with Crippen LogP contribution in [-0.2, 0) is 11.4 Å². The molecule has 1 amide bonds. The van der Waals surface area contributed by atoms with Crippen molar-refractivity contribution in [2.75, 3.05) is 20.8 Å². The van der Waals surface area contributed by atoms with Gasteiger partial charge in [-0.3, -0.25) is 9.69 Å². The highest BCUT2D eigenvalue weighted by Gasteiger charge is 2.32. The van der Waals surface area contributed by atoms with Crippen molar-refractivity contribution in [1.82, 2.24) is 4.90 Å². The molecule has 8 nitrogen and oxygen atoms in total. The van der Waals surface area contributed by atoms with Crippen LogP contribution in [-0.4, -0.2) is 47.8 Å². The van der Waals surface area contributed by atoms with E-state index in [2.05, 4.69) is 27.6 Å². The van der Waals surface area contributed by atoms with E-state index in [1.165, 1.54) is 11.8 Å². The van der Waals surface area contributed by atoms with E-state index >= 15 is 0 Å². The van der Waals surface area contributed by atoms with Gasteiger partial charge in [0.2, 0.25) is 0 Å². The van der Waals surface area contributed by atoms with Crippen LogP contribution in [0.25, 0.3) is 6.08 Å². The molecule has 0 saturated carbocycles. The van der Waals surface area contributed by atoms with Crippen molar-refractivity contribution in [3.8, 4) is 17.2 Å². The molecule has 1 heterocycles. The second-order valence-electron chi connectivity index (χ2n) is 8.08. The number of carbonyl (C=O) groups is 2. The van der Waals surface area contributed by atoms with Crippen molar-refractivity contribution in [2.45, 2.75) is 13.5 Å². The van der Waals surface area contributed by atoms with Crippen LogP contribution in [0.15, 0.2) is 70.6 Å². The lowest BCUT2D eigenvalue weighted by Crippen LogP contribution is -2.28. The number of aromatic carboxylic acids is 1. The van der Waals surface area contributed by atoms with E-state index in [4.69, 9.17) is 19.3 Å². The highest BCUT2D eigenvalue weighted by atomic mass is 127. The van der Waals surface area contributed by atoms with Crippen LogP contribution in [0.5, 0.6) is 17.2 Å². The Bertz CT molecular complexity index is 1400. The summed E-state index contributed by atoms with van der Waals surface area (Å²) in [6.45, 7) is 2.66. The monoisotopic (exact) mass is 644 g/mol. The molecule has 1 aliphatic rings. The number of benzene rings is 3. The van der Waals surface area contributed by atoms with E-state index in [1.54, 1.807) is 43.4 Å². The van der Waals surface area contributed by atoms with Crippen molar-refractivity contribution < 1.29 is 28.9 Å². The first kappa shape index (κ1) is 27.5. The number of ether oxygens (including phenoxy) is 3. The molecule has 3 aromatic carbocycles. The largest absolute Gasteiger partial charge is 0.497 e. The molecule has 0 unspecified atom stereocenters. The van der Waals surface area contributed by atoms with Gasteiger partial charge in [-0.25, -0.2) is 9.79 Å². The van der Waals surface area contributed by atoms with Gasteiger partial charge in [0.15, 0.2) is 16.7 Å². The average molecular weight is 644 g/mol. The number of halogens is 1. The van der Waals surface area contributed by atoms with Crippen LogP contribution in [0.3, 0.4) is 0 Å². The number of amides is 1. The van der Waals surface area contributed by atoms with Gasteiger partial charge in [-0.2, -0.15) is 0 Å². The zero-order chi connectivity index (χ0) is 27.2. The van der Waals surface area contributed by atoms with Crippen molar-refractivity contribution in [2.24, 2.45) is 4.99 Å². The van der Waals surface area contributed by atoms with Gasteiger partial charge in [0.05, 0.1) is 33.9 Å². The van der Waals surface area contributed by atoms with Gasteiger partial charge in [-0.05, 0) is 107 Å². The molecular formula is C28H25IN2O6S. The standard InChI is InChI=1S/C28H25IN2O6S/c1-4-31-26(32)24(38-28(31)30-20-9-11-21(35-2)12-10-20)15-18-13-22(29)25(23(14-18)36-3)37-16-17-5-7-19(8-6-17)27(33)34/h5-15H,4,16H2,1-3H3,(H,33,34)/b24-15+,30-28?. The Labute approximate surface area is 238 Å². The Kier molecular flexibility index (Phi) is 8.95. The summed E-state index contributed by atoms with van der Waals surface area (Å²) >= 11 is 3.50. The molecule has 1 saturated heterocycles. The van der Waals surface area contributed by atoms with Crippen molar-refractivity contribution in [1.29, 1.82) is 0 Å². The van der Waals surface area contributed by atoms with E-state index in [-0.39, 0.29) is 18.1 Å². The highest BCUT2D eigenvalue weighted by Crippen LogP contribution is 2.38. The van der Waals surface area contributed by atoms with E-state index in [9.17, 15) is 9.59 Å². The summed E-state index contributed by atoms with van der Waals surface area (Å²) in [6, 6.07) is 17.6. The quantitative estimate of drug-likeness (QED) is 0.219. The van der Waals surface area contributed by atoms with Crippen LogP contribution >= 0.6 is 34.4 Å². The lowest BCUT2D eigenvalue weighted by molar-refractivity contribution is -0.122. The number of carboxylic acid groups (broad SMARTS) is 1. The average Bonchev–Trinajstić information content (AvgIpc) is 3.21. The fourth-order valence-electron chi connectivity index (χ4n) is 3.65. The Morgan fingerprint density at radius 1 is 1.08 bits per heavy atom. The van der Waals surface area contributed by atoms with Gasteiger partial charge in [0, 0.05) is 6.54 Å². The molecule has 0 aromatic heterocycles. The number of nitrogens with zero attached hydrogens (tertiary/aromatic N) is 2. The number of methoxy groups -OCH3 is 2. The number of rotatable bonds is 9. The van der Waals surface area contributed by atoms with E-state index in [1.807, 2.05) is 49.4 Å². The summed E-state index contributed by atoms with van der Waals surface area (Å²) in [7, 11) is 3.17. The maximum Gasteiger partial charge on any atom is 0.335 e. The molecule has 0 bridgehead atoms. The Morgan fingerprint density at radius 3 is 2.39 bits per heavy atom. The minimum atomic E-state index is -0.974. The highest BCUT2D eigenvalue weighted by molar-refractivity contribution is 14.1. The zero-order valence-electron chi connectivity index (χ0n) is 20.9. The Morgan fingerprint density at radius 2 is 1.79 bits per heavy atom. The predicted octanol–water partition coefficient (Wildman–Crippen LogP) is 6.21. The van der Waals surface area contributed by atoms with E-state index < -0.39 is 5.97 Å². The van der Waals surface area contributed by atoms with Crippen LogP contribution in [0.4, 0.5) is 5.69 Å². The molecule has 0 radical (unpaired) electrons. The first-order chi connectivity index (χ1) is 18.3. The maximum atomic E-state index is 13.1. The number of carboxylic acids is 1. The van der Waals surface area contributed by atoms with Crippen molar-refractivity contribution >= 4 is 63.2 Å². The van der Waals surface area contributed by atoms with Gasteiger partial charge in [-0.1, -0.05) is 12.1 Å². The second-order valence-corrected chi connectivity index (χ2v) is 10.2. The summed E-state index contributed by atoms with van der Waals surface area (Å²) in [5.41, 5.74) is 2.57. The number of amidine groups is 1. The third kappa shape index (κ3) is 6.30. The molecule has 196 valence electrons. The molecule has 1 fully saturated rings. The molecule has 10 heteroatoms. The molecule has 1 aliphatic heterocycles. The number of likely N-dealkylation sites (N-methyl/N-ethyl adjacent to an activating group) is 1. The van der Waals surface area contributed by atoms with Crippen LogP contribution < -0.4 is 14.2 Å². The van der Waals surface area contributed by atoms with Gasteiger partial charge in [-0.15, -0.1) is 0 Å². The molecule has 1 N–H and O–H groups in total. The number of hydrogen-bond donors (Lipinski definition) is 1. The Hall–Kier alpha value is -3.51. The lowest BCUT2D eigenvalue weighted by Gasteiger charge is -2.14. The minimum Gasteiger partial charge on any atom is -0.497 e. The Balaban J connectivity index is 1.55. The predicted molar refractivity (Wildman–Crippen MR) is 156 cm³/mol. The van der Waals surface area contributed by atoms with Gasteiger partial charge < -0.3 is 19.3 Å². The third-order valence-electron chi connectivity index (χ3n) is 5.64. The topological polar surface area (TPSA) is 97.7 Å². The number of hydrogen-bond acceptors (Lipinski definition) is 7. The summed E-state index contributed by atoms with van der Waals surface area (Å²) < 4.78 is 17.6. The lowest BCUT2D eigenvalue weighted by atomic mass is 10.1. The maximum absolute atomic E-state index is 13.1. The number of aliphatic imine (C=N–C) groups is 1. The van der Waals surface area contributed by atoms with Crippen molar-refractivity contribution in [3.63, 3.8) is 0 Å². The summed E-state index contributed by atoms with van der Waals surface area (Å²) in [5.74, 6) is 0.757. The SMILES string of the molecule is CCN1C(=O)/C(=C\c2cc(I)c(OCc3ccc(C(=O)O)cc3)c(OC)c2)SC1=Nc1ccc(OC)cc1. The zero-order valence-corrected chi connectivity index (χ0v) is 23.9. The first-order valence-corrected chi connectivity index (χ1v) is 13.5. The second kappa shape index (κ2) is 12.4. The molecule has 3 aromatic rings. The fraction of sp³-hybridized carbons (Fsp3) is 0.179. The molecular weight excluding hydrogens is 619 g/mol. The van der Waals surface area contributed by atoms with E-state index in [0.717, 1.165) is 26.1 Å². The van der Waals surface area contributed by atoms with Crippen LogP contribution in [0.1, 0.15) is 28.4 Å². The smallest absolute Gasteiger partial charge is 0.335 e. The van der Waals surface area contributed by atoms with Crippen LogP contribution in [0, 0.1) is 3.57 Å². The van der Waals surface area contributed by atoms with E-state index in [0.29, 0.717) is 28.1 Å².